The zero-order chi connectivity index (χ0) is 32.0. The van der Waals surface area contributed by atoms with Crippen molar-refractivity contribution in [1.29, 1.82) is 0 Å². The second kappa shape index (κ2) is 13.2. The Balaban J connectivity index is 1.38. The van der Waals surface area contributed by atoms with Crippen LogP contribution in [-0.2, 0) is 32.1 Å². The third-order valence-electron chi connectivity index (χ3n) is 8.30. The maximum Gasteiger partial charge on any atom is 0.408 e. The summed E-state index contributed by atoms with van der Waals surface area (Å²) in [6.07, 6.45) is 8.48. The monoisotopic (exact) mass is 607 g/mol. The first-order valence-corrected chi connectivity index (χ1v) is 14.8. The van der Waals surface area contributed by atoms with Crippen molar-refractivity contribution in [2.24, 2.45) is 16.9 Å². The highest BCUT2D eigenvalue weighted by molar-refractivity contribution is 5.96. The number of nitrogens with one attached hydrogen (secondary N) is 3. The van der Waals surface area contributed by atoms with Crippen LogP contribution in [0.15, 0.2) is 97.2 Å². The highest BCUT2D eigenvalue weighted by atomic mass is 16.5. The van der Waals surface area contributed by atoms with Crippen molar-refractivity contribution in [3.8, 4) is 0 Å². The summed E-state index contributed by atoms with van der Waals surface area (Å²) in [5, 5.41) is 8.08. The van der Waals surface area contributed by atoms with E-state index in [9.17, 15) is 19.2 Å². The minimum absolute atomic E-state index is 0.0472. The van der Waals surface area contributed by atoms with Gasteiger partial charge in [0.15, 0.2) is 5.78 Å². The summed E-state index contributed by atoms with van der Waals surface area (Å²) in [5.41, 5.74) is 11.6. The Labute approximate surface area is 260 Å². The Bertz CT molecular complexity index is 1810. The average Bonchev–Trinajstić information content (AvgIpc) is 3.45. The minimum atomic E-state index is -1.68. The molecule has 0 bridgehead atoms. The third kappa shape index (κ3) is 6.97. The van der Waals surface area contributed by atoms with Gasteiger partial charge in [-0.1, -0.05) is 85.0 Å². The lowest BCUT2D eigenvalue weighted by Crippen LogP contribution is -2.61. The third-order valence-corrected chi connectivity index (χ3v) is 8.30. The number of benzene rings is 3. The Kier molecular flexibility index (Phi) is 9.15. The molecule has 0 saturated heterocycles. The van der Waals surface area contributed by atoms with E-state index in [-0.39, 0.29) is 31.7 Å². The Morgan fingerprint density at radius 2 is 1.71 bits per heavy atom. The molecule has 5 rings (SSSR count). The van der Waals surface area contributed by atoms with Gasteiger partial charge < -0.3 is 31.8 Å². The molecule has 2 unspecified atom stereocenters. The summed E-state index contributed by atoms with van der Waals surface area (Å²) in [5.74, 6) is -1.73. The number of hydrogen-bond donors (Lipinski definition) is 5. The largest absolute Gasteiger partial charge is 0.445 e. The molecular formula is C35H37N5O5. The van der Waals surface area contributed by atoms with Gasteiger partial charge in [-0.3, -0.25) is 14.4 Å². The van der Waals surface area contributed by atoms with Crippen LogP contribution in [0.25, 0.3) is 21.7 Å². The first kappa shape index (κ1) is 31.2. The average molecular weight is 608 g/mol. The number of carbonyl (C=O) groups is 4. The number of ether oxygens (including phenoxy) is 1. The fourth-order valence-electron chi connectivity index (χ4n) is 6.06. The number of nitrogens with two attached hydrogens (primary N) is 2. The summed E-state index contributed by atoms with van der Waals surface area (Å²) in [6, 6.07) is 20.3. The van der Waals surface area contributed by atoms with Crippen LogP contribution in [0.2, 0.25) is 0 Å². The van der Waals surface area contributed by atoms with Gasteiger partial charge in [-0.2, -0.15) is 0 Å². The predicted molar refractivity (Wildman–Crippen MR) is 173 cm³/mol. The number of primary amides is 1. The zero-order valence-corrected chi connectivity index (χ0v) is 25.0. The number of fused-ring (bicyclic) bond motifs is 2. The molecule has 10 heteroatoms. The molecule has 3 aromatic carbocycles. The highest BCUT2D eigenvalue weighted by Crippen LogP contribution is 2.39. The molecule has 1 heterocycles. The minimum Gasteiger partial charge on any atom is -0.445 e. The molecule has 3 atom stereocenters. The molecule has 7 N–H and O–H groups in total. The van der Waals surface area contributed by atoms with Crippen molar-refractivity contribution in [2.45, 2.75) is 44.4 Å². The molecule has 232 valence electrons. The van der Waals surface area contributed by atoms with E-state index in [0.717, 1.165) is 32.8 Å². The van der Waals surface area contributed by atoms with E-state index < -0.39 is 41.4 Å². The highest BCUT2D eigenvalue weighted by Gasteiger charge is 2.48. The number of Topliss-reactive ketones (excluding diaryl/α,β-unsaturated/α-hetero) is 1. The number of carbonyl (C=O) groups excluding carboxylic acids is 4. The Morgan fingerprint density at radius 1 is 0.978 bits per heavy atom. The molecule has 1 aromatic heterocycles. The summed E-state index contributed by atoms with van der Waals surface area (Å²) < 4.78 is 5.58. The van der Waals surface area contributed by atoms with E-state index in [1.165, 1.54) is 6.92 Å². The lowest BCUT2D eigenvalue weighted by Gasteiger charge is -2.40. The molecule has 1 aliphatic rings. The molecule has 10 nitrogen and oxygen atoms in total. The molecule has 0 aliphatic heterocycles. The number of aromatic amines is 1. The summed E-state index contributed by atoms with van der Waals surface area (Å²) >= 11 is 0. The van der Waals surface area contributed by atoms with E-state index in [1.807, 2.05) is 85.1 Å². The van der Waals surface area contributed by atoms with Gasteiger partial charge in [0.2, 0.25) is 11.8 Å². The summed E-state index contributed by atoms with van der Waals surface area (Å²) in [4.78, 5) is 55.8. The van der Waals surface area contributed by atoms with Crippen LogP contribution in [0.4, 0.5) is 4.79 Å². The maximum atomic E-state index is 14.2. The van der Waals surface area contributed by atoms with Gasteiger partial charge in [-0.15, -0.1) is 0 Å². The van der Waals surface area contributed by atoms with Crippen molar-refractivity contribution in [3.63, 3.8) is 0 Å². The quantitative estimate of drug-likeness (QED) is 0.163. The van der Waals surface area contributed by atoms with Crippen molar-refractivity contribution in [1.82, 2.24) is 15.6 Å². The van der Waals surface area contributed by atoms with Gasteiger partial charge in [0.1, 0.15) is 12.1 Å². The second-order valence-electron chi connectivity index (χ2n) is 11.7. The van der Waals surface area contributed by atoms with Crippen LogP contribution in [-0.4, -0.2) is 46.8 Å². The van der Waals surface area contributed by atoms with Gasteiger partial charge in [0.25, 0.3) is 0 Å². The topological polar surface area (TPSA) is 169 Å². The van der Waals surface area contributed by atoms with Crippen LogP contribution < -0.4 is 22.1 Å². The van der Waals surface area contributed by atoms with Crippen LogP contribution in [0, 0.1) is 5.41 Å². The Morgan fingerprint density at radius 3 is 2.47 bits per heavy atom. The SMILES string of the molecule is CC(CC1(C(=O)[C@@H](N)Cc2c[nH]c3ccccc23)C=CC=CC1)(NC(=O)OCc1cccc2ccccc12)C(=O)NCC(N)=O. The molecule has 45 heavy (non-hydrogen) atoms. The Hall–Kier alpha value is -5.22. The van der Waals surface area contributed by atoms with Crippen LogP contribution in [0.3, 0.4) is 0 Å². The molecule has 0 spiro atoms. The van der Waals surface area contributed by atoms with Gasteiger partial charge in [0, 0.05) is 17.1 Å². The van der Waals surface area contributed by atoms with E-state index >= 15 is 0 Å². The molecule has 3 amide bonds. The molecule has 0 radical (unpaired) electrons. The molecule has 0 saturated carbocycles. The summed E-state index contributed by atoms with van der Waals surface area (Å²) in [6.45, 7) is 1.00. The van der Waals surface area contributed by atoms with Crippen molar-refractivity contribution < 1.29 is 23.9 Å². The van der Waals surface area contributed by atoms with E-state index in [1.54, 1.807) is 12.2 Å². The standard InChI is InChI=1S/C35H37N5O5/c1-34(32(43)39-20-30(37)41,40-33(44)45-21-24-12-9-11-23-10-3-4-13-26(23)24)22-35(16-7-2-8-17-35)31(42)28(36)18-25-19-38-29-15-6-5-14-27(25)29/h2-16,19,28,38H,17-18,20-22,36H2,1H3,(H2,37,41)(H,39,43)(H,40,44)/t28-,34?,35?/m0/s1. The molecule has 0 fully saturated rings. The maximum absolute atomic E-state index is 14.2. The molecule has 4 aromatic rings. The number of H-pyrrole nitrogens is 1. The van der Waals surface area contributed by atoms with Gasteiger partial charge >= 0.3 is 6.09 Å². The van der Waals surface area contributed by atoms with Crippen molar-refractivity contribution in [2.75, 3.05) is 6.54 Å². The second-order valence-corrected chi connectivity index (χ2v) is 11.7. The summed E-state index contributed by atoms with van der Waals surface area (Å²) in [7, 11) is 0. The molecule has 1 aliphatic carbocycles. The normalized spacial score (nSPS) is 17.8. The number of allylic oxidation sites excluding steroid dienone is 4. The van der Waals surface area contributed by atoms with Gasteiger partial charge in [-0.25, -0.2) is 4.79 Å². The predicted octanol–water partition coefficient (Wildman–Crippen LogP) is 3.94. The van der Waals surface area contributed by atoms with Crippen LogP contribution in [0.1, 0.15) is 30.9 Å². The number of hydrogen-bond acceptors (Lipinski definition) is 6. The number of rotatable bonds is 12. The number of alkyl carbamates (subject to hydrolysis) is 1. The fraction of sp³-hybridized carbons (Fsp3) is 0.257. The van der Waals surface area contributed by atoms with Crippen LogP contribution in [0.5, 0.6) is 0 Å². The van der Waals surface area contributed by atoms with Crippen molar-refractivity contribution in [3.05, 3.63) is 108 Å². The van der Waals surface area contributed by atoms with Crippen LogP contribution >= 0.6 is 0 Å². The fourth-order valence-corrected chi connectivity index (χ4v) is 6.06. The number of aromatic nitrogens is 1. The smallest absolute Gasteiger partial charge is 0.408 e. The van der Waals surface area contributed by atoms with E-state index in [4.69, 9.17) is 16.2 Å². The first-order chi connectivity index (χ1) is 21.6. The number of ketones is 1. The first-order valence-electron chi connectivity index (χ1n) is 14.8. The van der Waals surface area contributed by atoms with E-state index in [2.05, 4.69) is 15.6 Å². The number of para-hydroxylation sites is 1. The molecular weight excluding hydrogens is 570 g/mol. The zero-order valence-electron chi connectivity index (χ0n) is 25.0. The lowest BCUT2D eigenvalue weighted by atomic mass is 9.67. The van der Waals surface area contributed by atoms with Gasteiger partial charge in [0.05, 0.1) is 18.0 Å². The van der Waals surface area contributed by atoms with Crippen molar-refractivity contribution >= 4 is 45.4 Å². The number of amides is 3. The van der Waals surface area contributed by atoms with E-state index in [0.29, 0.717) is 0 Å². The van der Waals surface area contributed by atoms with Gasteiger partial charge in [-0.05, 0) is 54.2 Å². The lowest BCUT2D eigenvalue weighted by molar-refractivity contribution is -0.133.